The lowest BCUT2D eigenvalue weighted by Gasteiger charge is -2.24. The van der Waals surface area contributed by atoms with Gasteiger partial charge in [-0.1, -0.05) is 6.07 Å². The number of amides is 2. The molecule has 1 spiro atoms. The second kappa shape index (κ2) is 5.84. The van der Waals surface area contributed by atoms with E-state index in [0.29, 0.717) is 13.0 Å². The number of likely N-dealkylation sites (tertiary alicyclic amines) is 1. The van der Waals surface area contributed by atoms with E-state index in [9.17, 15) is 9.59 Å². The first kappa shape index (κ1) is 14.0. The molecule has 1 aromatic rings. The summed E-state index contributed by atoms with van der Waals surface area (Å²) in [6, 6.07) is 5.62. The van der Waals surface area contributed by atoms with Crippen molar-refractivity contribution in [2.24, 2.45) is 5.41 Å². The van der Waals surface area contributed by atoms with Gasteiger partial charge in [-0.05, 0) is 37.8 Å². The summed E-state index contributed by atoms with van der Waals surface area (Å²) in [5.74, 6) is 0.297. The van der Waals surface area contributed by atoms with Crippen molar-refractivity contribution >= 4 is 11.8 Å². The number of nitrogens with one attached hydrogen (secondary N) is 1. The van der Waals surface area contributed by atoms with E-state index in [-0.39, 0.29) is 17.2 Å². The molecule has 0 saturated carbocycles. The molecular weight excluding hydrogens is 266 g/mol. The molecule has 2 aliphatic rings. The number of aromatic nitrogens is 1. The SMILES string of the molecule is O=C(Cc1ccccn1)N1CCCC2(CCNC2=O)CC1. The maximum Gasteiger partial charge on any atom is 0.228 e. The summed E-state index contributed by atoms with van der Waals surface area (Å²) in [6.07, 6.45) is 5.55. The van der Waals surface area contributed by atoms with Gasteiger partial charge in [-0.25, -0.2) is 0 Å². The Hall–Kier alpha value is -1.91. The van der Waals surface area contributed by atoms with E-state index in [2.05, 4.69) is 10.3 Å². The monoisotopic (exact) mass is 287 g/mol. The molecule has 5 nitrogen and oxygen atoms in total. The molecule has 2 amide bonds. The summed E-state index contributed by atoms with van der Waals surface area (Å²) in [5, 5.41) is 2.94. The molecule has 1 unspecified atom stereocenters. The number of hydrogen-bond donors (Lipinski definition) is 1. The minimum atomic E-state index is -0.222. The smallest absolute Gasteiger partial charge is 0.228 e. The summed E-state index contributed by atoms with van der Waals surface area (Å²) in [5.41, 5.74) is 0.583. The number of pyridine rings is 1. The highest BCUT2D eigenvalue weighted by molar-refractivity contribution is 5.85. The Bertz CT molecular complexity index is 532. The van der Waals surface area contributed by atoms with Gasteiger partial charge < -0.3 is 10.2 Å². The molecule has 21 heavy (non-hydrogen) atoms. The van der Waals surface area contributed by atoms with E-state index in [4.69, 9.17) is 0 Å². The van der Waals surface area contributed by atoms with Crippen LogP contribution in [0.5, 0.6) is 0 Å². The van der Waals surface area contributed by atoms with Crippen LogP contribution >= 0.6 is 0 Å². The van der Waals surface area contributed by atoms with Crippen LogP contribution in [0.25, 0.3) is 0 Å². The van der Waals surface area contributed by atoms with Crippen molar-refractivity contribution in [1.82, 2.24) is 15.2 Å². The van der Waals surface area contributed by atoms with Crippen LogP contribution in [0.1, 0.15) is 31.4 Å². The van der Waals surface area contributed by atoms with Crippen molar-refractivity contribution in [2.75, 3.05) is 19.6 Å². The van der Waals surface area contributed by atoms with Gasteiger partial charge in [-0.2, -0.15) is 0 Å². The zero-order chi connectivity index (χ0) is 14.7. The highest BCUT2D eigenvalue weighted by Crippen LogP contribution is 2.38. The topological polar surface area (TPSA) is 62.3 Å². The Labute approximate surface area is 124 Å². The van der Waals surface area contributed by atoms with Gasteiger partial charge in [-0.15, -0.1) is 0 Å². The normalized spacial score (nSPS) is 25.7. The van der Waals surface area contributed by atoms with Gasteiger partial charge in [0.2, 0.25) is 11.8 Å². The van der Waals surface area contributed by atoms with Gasteiger partial charge in [0.15, 0.2) is 0 Å². The second-order valence-corrected chi connectivity index (χ2v) is 6.02. The largest absolute Gasteiger partial charge is 0.356 e. The van der Waals surface area contributed by atoms with Crippen LogP contribution in [0.15, 0.2) is 24.4 Å². The molecule has 0 aromatic carbocycles. The summed E-state index contributed by atoms with van der Waals surface area (Å²) in [6.45, 7) is 2.21. The van der Waals surface area contributed by atoms with Crippen molar-refractivity contribution < 1.29 is 9.59 Å². The molecule has 3 rings (SSSR count). The van der Waals surface area contributed by atoms with E-state index < -0.39 is 0 Å². The van der Waals surface area contributed by atoms with Crippen LogP contribution < -0.4 is 5.32 Å². The zero-order valence-electron chi connectivity index (χ0n) is 12.2. The van der Waals surface area contributed by atoms with E-state index in [1.54, 1.807) is 6.20 Å². The van der Waals surface area contributed by atoms with E-state index in [1.807, 2.05) is 23.1 Å². The Morgan fingerprint density at radius 2 is 2.19 bits per heavy atom. The third-order valence-electron chi connectivity index (χ3n) is 4.73. The number of hydrogen-bond acceptors (Lipinski definition) is 3. The fourth-order valence-corrected chi connectivity index (χ4v) is 3.41. The molecule has 2 fully saturated rings. The van der Waals surface area contributed by atoms with Crippen molar-refractivity contribution in [3.05, 3.63) is 30.1 Å². The number of carbonyl (C=O) groups is 2. The summed E-state index contributed by atoms with van der Waals surface area (Å²) in [7, 11) is 0. The minimum absolute atomic E-state index is 0.115. The molecule has 112 valence electrons. The first-order valence-electron chi connectivity index (χ1n) is 7.66. The van der Waals surface area contributed by atoms with Crippen molar-refractivity contribution in [3.63, 3.8) is 0 Å². The maximum atomic E-state index is 12.4. The van der Waals surface area contributed by atoms with Crippen LogP contribution in [-0.2, 0) is 16.0 Å². The van der Waals surface area contributed by atoms with Crippen LogP contribution in [0, 0.1) is 5.41 Å². The zero-order valence-corrected chi connectivity index (χ0v) is 12.2. The Kier molecular flexibility index (Phi) is 3.90. The van der Waals surface area contributed by atoms with Crippen LogP contribution in [0.4, 0.5) is 0 Å². The van der Waals surface area contributed by atoms with Gasteiger partial charge in [-0.3, -0.25) is 14.6 Å². The average molecular weight is 287 g/mol. The van der Waals surface area contributed by atoms with Gasteiger partial charge in [0.25, 0.3) is 0 Å². The lowest BCUT2D eigenvalue weighted by Crippen LogP contribution is -2.35. The number of carbonyl (C=O) groups excluding carboxylic acids is 2. The van der Waals surface area contributed by atoms with Gasteiger partial charge >= 0.3 is 0 Å². The van der Waals surface area contributed by atoms with Crippen molar-refractivity contribution in [1.29, 1.82) is 0 Å². The standard InChI is InChI=1S/C16H21N3O2/c20-14(12-13-4-1-2-8-17-13)19-10-3-5-16(7-11-19)6-9-18-15(16)21/h1-2,4,8H,3,5-7,9-12H2,(H,18,21). The third kappa shape index (κ3) is 2.91. The van der Waals surface area contributed by atoms with Crippen molar-refractivity contribution in [2.45, 2.75) is 32.1 Å². The number of nitrogens with zero attached hydrogens (tertiary/aromatic N) is 2. The third-order valence-corrected chi connectivity index (χ3v) is 4.73. The van der Waals surface area contributed by atoms with E-state index >= 15 is 0 Å². The Balaban J connectivity index is 1.62. The Morgan fingerprint density at radius 1 is 1.29 bits per heavy atom. The van der Waals surface area contributed by atoms with Crippen molar-refractivity contribution in [3.8, 4) is 0 Å². The molecule has 5 heteroatoms. The van der Waals surface area contributed by atoms with Gasteiger partial charge in [0.05, 0.1) is 11.8 Å². The van der Waals surface area contributed by atoms with Crippen LogP contribution in [-0.4, -0.2) is 41.3 Å². The molecule has 2 saturated heterocycles. The lowest BCUT2D eigenvalue weighted by atomic mass is 9.79. The highest BCUT2D eigenvalue weighted by Gasteiger charge is 2.43. The molecule has 1 N–H and O–H groups in total. The molecule has 0 radical (unpaired) electrons. The van der Waals surface area contributed by atoms with E-state index in [0.717, 1.165) is 44.5 Å². The fraction of sp³-hybridized carbons (Fsp3) is 0.562. The molecule has 2 aliphatic heterocycles. The predicted octanol–water partition coefficient (Wildman–Crippen LogP) is 1.14. The fourth-order valence-electron chi connectivity index (χ4n) is 3.41. The maximum absolute atomic E-state index is 12.4. The lowest BCUT2D eigenvalue weighted by molar-refractivity contribution is -0.132. The Morgan fingerprint density at radius 3 is 2.90 bits per heavy atom. The van der Waals surface area contributed by atoms with Gasteiger partial charge in [0.1, 0.15) is 0 Å². The first-order valence-corrected chi connectivity index (χ1v) is 7.66. The van der Waals surface area contributed by atoms with Crippen LogP contribution in [0.3, 0.4) is 0 Å². The van der Waals surface area contributed by atoms with E-state index in [1.165, 1.54) is 0 Å². The predicted molar refractivity (Wildman–Crippen MR) is 78.4 cm³/mol. The quantitative estimate of drug-likeness (QED) is 0.887. The summed E-state index contributed by atoms with van der Waals surface area (Å²) in [4.78, 5) is 30.5. The minimum Gasteiger partial charge on any atom is -0.356 e. The van der Waals surface area contributed by atoms with Crippen LogP contribution in [0.2, 0.25) is 0 Å². The number of rotatable bonds is 2. The second-order valence-electron chi connectivity index (χ2n) is 6.02. The summed E-state index contributed by atoms with van der Waals surface area (Å²) >= 11 is 0. The molecule has 1 atom stereocenters. The summed E-state index contributed by atoms with van der Waals surface area (Å²) < 4.78 is 0. The molecule has 3 heterocycles. The average Bonchev–Trinajstić information content (AvgIpc) is 2.72. The molecule has 0 bridgehead atoms. The first-order chi connectivity index (χ1) is 10.2. The highest BCUT2D eigenvalue weighted by atomic mass is 16.2. The van der Waals surface area contributed by atoms with Gasteiger partial charge in [0, 0.05) is 31.5 Å². The molecule has 0 aliphatic carbocycles. The molecular formula is C16H21N3O2. The molecule has 1 aromatic heterocycles.